The minimum atomic E-state index is -1.25. The Bertz CT molecular complexity index is 604. The minimum Gasteiger partial charge on any atom is -0.394 e. The topological polar surface area (TPSA) is 110 Å². The van der Waals surface area contributed by atoms with E-state index in [4.69, 9.17) is 0 Å². The zero-order valence-electron chi connectivity index (χ0n) is 30.1. The van der Waals surface area contributed by atoms with Crippen molar-refractivity contribution in [3.63, 3.8) is 0 Å². The van der Waals surface area contributed by atoms with Gasteiger partial charge in [-0.1, -0.05) is 200 Å². The molecule has 45 heavy (non-hydrogen) atoms. The molecular formula is C39H79NO5. The van der Waals surface area contributed by atoms with Crippen molar-refractivity contribution in [1.29, 1.82) is 0 Å². The van der Waals surface area contributed by atoms with Crippen LogP contribution in [0.5, 0.6) is 0 Å². The van der Waals surface area contributed by atoms with Gasteiger partial charge in [-0.15, -0.1) is 0 Å². The van der Waals surface area contributed by atoms with Crippen molar-refractivity contribution in [2.75, 3.05) is 6.61 Å². The highest BCUT2D eigenvalue weighted by atomic mass is 16.3. The van der Waals surface area contributed by atoms with Crippen molar-refractivity contribution in [2.24, 2.45) is 0 Å². The van der Waals surface area contributed by atoms with Gasteiger partial charge in [-0.3, -0.25) is 4.79 Å². The number of rotatable bonds is 36. The Morgan fingerprint density at radius 2 is 0.756 bits per heavy atom. The average Bonchev–Trinajstić information content (AvgIpc) is 3.04. The number of amides is 1. The van der Waals surface area contributed by atoms with Gasteiger partial charge >= 0.3 is 0 Å². The maximum absolute atomic E-state index is 12.4. The summed E-state index contributed by atoms with van der Waals surface area (Å²) in [4.78, 5) is 12.4. The molecule has 0 fully saturated rings. The van der Waals surface area contributed by atoms with Crippen LogP contribution >= 0.6 is 0 Å². The number of carbonyl (C=O) groups excluding carboxylic acids is 1. The van der Waals surface area contributed by atoms with Gasteiger partial charge in [0.15, 0.2) is 0 Å². The molecule has 6 heteroatoms. The van der Waals surface area contributed by atoms with Gasteiger partial charge < -0.3 is 25.7 Å². The molecule has 0 bridgehead atoms. The van der Waals surface area contributed by atoms with Crippen LogP contribution in [0.1, 0.15) is 213 Å². The first-order valence-corrected chi connectivity index (χ1v) is 19.9. The Morgan fingerprint density at radius 1 is 0.467 bits per heavy atom. The molecular weight excluding hydrogens is 562 g/mol. The molecule has 0 aliphatic rings. The molecule has 6 nitrogen and oxygen atoms in total. The summed E-state index contributed by atoms with van der Waals surface area (Å²) in [6, 6.07) is -0.977. The quantitative estimate of drug-likeness (QED) is 0.0438. The van der Waals surface area contributed by atoms with Crippen LogP contribution in [-0.2, 0) is 4.79 Å². The third kappa shape index (κ3) is 29.2. The fourth-order valence-electron chi connectivity index (χ4n) is 6.34. The van der Waals surface area contributed by atoms with Gasteiger partial charge in [-0.25, -0.2) is 0 Å². The number of unbranched alkanes of at least 4 members (excludes halogenated alkanes) is 27. The van der Waals surface area contributed by atoms with E-state index in [1.807, 2.05) is 0 Å². The smallest absolute Gasteiger partial charge is 0.249 e. The van der Waals surface area contributed by atoms with Gasteiger partial charge in [0.25, 0.3) is 0 Å². The van der Waals surface area contributed by atoms with E-state index in [0.29, 0.717) is 12.8 Å². The van der Waals surface area contributed by atoms with Crippen LogP contribution in [0.25, 0.3) is 0 Å². The summed E-state index contributed by atoms with van der Waals surface area (Å²) in [5, 5.41) is 43.5. The lowest BCUT2D eigenvalue weighted by atomic mass is 9.99. The van der Waals surface area contributed by atoms with Crippen molar-refractivity contribution in [1.82, 2.24) is 5.32 Å². The fraction of sp³-hybridized carbons (Fsp3) is 0.974. The summed E-state index contributed by atoms with van der Waals surface area (Å²) < 4.78 is 0. The van der Waals surface area contributed by atoms with Crippen molar-refractivity contribution in [2.45, 2.75) is 237 Å². The molecule has 0 saturated carbocycles. The van der Waals surface area contributed by atoms with E-state index in [1.165, 1.54) is 148 Å². The second-order valence-electron chi connectivity index (χ2n) is 14.0. The molecule has 0 aromatic heterocycles. The SMILES string of the molecule is CCCCCCCCCCCCCCCCCCC(O)C(O)C(CO)NC(=O)C(O)CCCCCCCCCCCCCCC. The van der Waals surface area contributed by atoms with Gasteiger partial charge in [0.05, 0.1) is 18.8 Å². The zero-order chi connectivity index (χ0) is 33.2. The second-order valence-corrected chi connectivity index (χ2v) is 14.0. The zero-order valence-corrected chi connectivity index (χ0v) is 30.1. The molecule has 0 saturated heterocycles. The molecule has 270 valence electrons. The predicted octanol–water partition coefficient (Wildman–Crippen LogP) is 9.68. The third-order valence-electron chi connectivity index (χ3n) is 9.57. The Hall–Kier alpha value is -0.690. The minimum absolute atomic E-state index is 0.375. The molecule has 0 aromatic rings. The predicted molar refractivity (Wildman–Crippen MR) is 192 cm³/mol. The molecule has 0 heterocycles. The van der Waals surface area contributed by atoms with Crippen LogP contribution in [0.3, 0.4) is 0 Å². The first-order valence-electron chi connectivity index (χ1n) is 19.9. The number of carbonyl (C=O) groups is 1. The van der Waals surface area contributed by atoms with Crippen molar-refractivity contribution >= 4 is 5.91 Å². The summed E-state index contributed by atoms with van der Waals surface area (Å²) in [5.41, 5.74) is 0. The van der Waals surface area contributed by atoms with Gasteiger partial charge in [-0.05, 0) is 12.8 Å². The summed E-state index contributed by atoms with van der Waals surface area (Å²) in [7, 11) is 0. The van der Waals surface area contributed by atoms with Crippen molar-refractivity contribution < 1.29 is 25.2 Å². The fourth-order valence-corrected chi connectivity index (χ4v) is 6.34. The highest BCUT2D eigenvalue weighted by Crippen LogP contribution is 2.17. The second kappa shape index (κ2) is 34.6. The molecule has 0 aliphatic heterocycles. The molecule has 0 radical (unpaired) electrons. The average molecular weight is 642 g/mol. The normalized spacial score (nSPS) is 14.4. The molecule has 0 aromatic carbocycles. The Morgan fingerprint density at radius 3 is 1.07 bits per heavy atom. The van der Waals surface area contributed by atoms with Crippen LogP contribution < -0.4 is 5.32 Å². The van der Waals surface area contributed by atoms with Gasteiger partial charge in [0.1, 0.15) is 12.2 Å². The first kappa shape index (κ1) is 44.3. The Kier molecular flexibility index (Phi) is 34.1. The third-order valence-corrected chi connectivity index (χ3v) is 9.57. The van der Waals surface area contributed by atoms with E-state index in [1.54, 1.807) is 0 Å². The first-order chi connectivity index (χ1) is 22.0. The summed E-state index contributed by atoms with van der Waals surface area (Å²) in [5.74, 6) is -0.582. The molecule has 0 spiro atoms. The van der Waals surface area contributed by atoms with Crippen LogP contribution in [0.15, 0.2) is 0 Å². The van der Waals surface area contributed by atoms with Crippen LogP contribution in [0.4, 0.5) is 0 Å². The van der Waals surface area contributed by atoms with Crippen molar-refractivity contribution in [3.8, 4) is 0 Å². The highest BCUT2D eigenvalue weighted by molar-refractivity contribution is 5.80. The van der Waals surface area contributed by atoms with Gasteiger partial charge in [-0.2, -0.15) is 0 Å². The van der Waals surface area contributed by atoms with Crippen LogP contribution in [-0.4, -0.2) is 57.3 Å². The molecule has 4 unspecified atom stereocenters. The number of nitrogens with one attached hydrogen (secondary N) is 1. The molecule has 4 atom stereocenters. The largest absolute Gasteiger partial charge is 0.394 e. The Labute approximate surface area is 279 Å². The lowest BCUT2D eigenvalue weighted by Crippen LogP contribution is -2.53. The molecule has 0 aliphatic carbocycles. The summed E-state index contributed by atoms with van der Waals surface area (Å²) in [6.45, 7) is 4.04. The monoisotopic (exact) mass is 642 g/mol. The van der Waals surface area contributed by atoms with E-state index in [-0.39, 0.29) is 0 Å². The van der Waals surface area contributed by atoms with Crippen LogP contribution in [0.2, 0.25) is 0 Å². The number of aliphatic hydroxyl groups excluding tert-OH is 4. The number of hydrogen-bond donors (Lipinski definition) is 5. The number of aliphatic hydroxyl groups is 4. The lowest BCUT2D eigenvalue weighted by molar-refractivity contribution is -0.132. The van der Waals surface area contributed by atoms with Crippen LogP contribution in [0, 0.1) is 0 Å². The number of hydrogen-bond acceptors (Lipinski definition) is 5. The van der Waals surface area contributed by atoms with E-state index in [2.05, 4.69) is 19.2 Å². The maximum Gasteiger partial charge on any atom is 0.249 e. The molecule has 5 N–H and O–H groups in total. The standard InChI is InChI=1S/C39H79NO5/c1-3-5-7-9-11-13-15-17-18-19-21-22-24-26-28-30-32-36(42)38(44)35(34-41)40-39(45)37(43)33-31-29-27-25-23-20-16-14-12-10-8-6-4-2/h35-38,41-44H,3-34H2,1-2H3,(H,40,45). The molecule has 1 amide bonds. The van der Waals surface area contributed by atoms with Gasteiger partial charge in [0, 0.05) is 0 Å². The van der Waals surface area contributed by atoms with E-state index >= 15 is 0 Å². The Balaban J connectivity index is 3.75. The highest BCUT2D eigenvalue weighted by Gasteiger charge is 2.28. The lowest BCUT2D eigenvalue weighted by Gasteiger charge is -2.27. The van der Waals surface area contributed by atoms with Crippen molar-refractivity contribution in [3.05, 3.63) is 0 Å². The summed E-state index contributed by atoms with van der Waals surface area (Å²) >= 11 is 0. The van der Waals surface area contributed by atoms with E-state index in [9.17, 15) is 25.2 Å². The maximum atomic E-state index is 12.4. The summed E-state index contributed by atoms with van der Waals surface area (Å²) in [6.07, 6.45) is 34.0. The van der Waals surface area contributed by atoms with E-state index in [0.717, 1.165) is 38.5 Å². The molecule has 0 rings (SSSR count). The van der Waals surface area contributed by atoms with Gasteiger partial charge in [0.2, 0.25) is 5.91 Å². The van der Waals surface area contributed by atoms with E-state index < -0.39 is 36.9 Å².